The van der Waals surface area contributed by atoms with E-state index in [0.29, 0.717) is 23.6 Å². The summed E-state index contributed by atoms with van der Waals surface area (Å²) >= 11 is 6.18. The Morgan fingerprint density at radius 1 is 1.29 bits per heavy atom. The largest absolute Gasteiger partial charge is 0.480 e. The number of aryl methyl sites for hydroxylation is 1. The Morgan fingerprint density at radius 2 is 1.96 bits per heavy atom. The number of aromatic nitrogens is 2. The fourth-order valence-electron chi connectivity index (χ4n) is 3.11. The summed E-state index contributed by atoms with van der Waals surface area (Å²) in [5.41, 5.74) is 0.410. The number of carboxylic acids is 1. The van der Waals surface area contributed by atoms with E-state index in [0.717, 1.165) is 18.5 Å². The molecule has 0 spiro atoms. The molecule has 1 aliphatic carbocycles. The summed E-state index contributed by atoms with van der Waals surface area (Å²) in [6, 6.07) is 8.83. The Kier molecular flexibility index (Phi) is 4.32. The maximum Gasteiger partial charge on any atom is 0.329 e. The molecule has 0 unspecified atom stereocenters. The van der Waals surface area contributed by atoms with Crippen LogP contribution < -0.4 is 5.32 Å². The Morgan fingerprint density at radius 3 is 2.58 bits per heavy atom. The number of carbonyl (C=O) groups is 2. The molecule has 0 aliphatic heterocycles. The quantitative estimate of drug-likeness (QED) is 0.890. The van der Waals surface area contributed by atoms with Crippen LogP contribution in [-0.4, -0.2) is 32.3 Å². The molecule has 1 heterocycles. The van der Waals surface area contributed by atoms with E-state index in [-0.39, 0.29) is 5.69 Å². The molecule has 1 fully saturated rings. The lowest BCUT2D eigenvalue weighted by Gasteiger charge is -2.24. The summed E-state index contributed by atoms with van der Waals surface area (Å²) in [6.45, 7) is 1.82. The van der Waals surface area contributed by atoms with E-state index in [2.05, 4.69) is 10.4 Å². The average molecular weight is 348 g/mol. The summed E-state index contributed by atoms with van der Waals surface area (Å²) in [5.74, 6) is -1.47. The third-order valence-electron chi connectivity index (χ3n) is 4.42. The van der Waals surface area contributed by atoms with Gasteiger partial charge in [-0.1, -0.05) is 36.6 Å². The van der Waals surface area contributed by atoms with Crippen molar-refractivity contribution in [2.24, 2.45) is 0 Å². The lowest BCUT2D eigenvalue weighted by Crippen LogP contribution is -2.52. The molecular formula is C17H18ClN3O3. The molecule has 6 nitrogen and oxygen atoms in total. The van der Waals surface area contributed by atoms with Gasteiger partial charge in [-0.05, 0) is 38.0 Å². The average Bonchev–Trinajstić information content (AvgIpc) is 3.16. The van der Waals surface area contributed by atoms with Crippen LogP contribution in [0.4, 0.5) is 0 Å². The number of aliphatic carboxylic acids is 1. The van der Waals surface area contributed by atoms with Gasteiger partial charge in [0.05, 0.1) is 10.7 Å². The summed E-state index contributed by atoms with van der Waals surface area (Å²) in [7, 11) is 0. The first-order chi connectivity index (χ1) is 11.4. The number of amides is 1. The molecule has 2 N–H and O–H groups in total. The molecular weight excluding hydrogens is 330 g/mol. The van der Waals surface area contributed by atoms with Gasteiger partial charge in [0.2, 0.25) is 0 Å². The van der Waals surface area contributed by atoms with E-state index in [1.807, 2.05) is 19.1 Å². The first kappa shape index (κ1) is 16.5. The molecule has 126 valence electrons. The first-order valence-electron chi connectivity index (χ1n) is 7.80. The maximum atomic E-state index is 12.5. The molecule has 3 rings (SSSR count). The molecule has 7 heteroatoms. The second kappa shape index (κ2) is 6.28. The maximum absolute atomic E-state index is 12.5. The van der Waals surface area contributed by atoms with Crippen LogP contribution in [0.3, 0.4) is 0 Å². The summed E-state index contributed by atoms with van der Waals surface area (Å²) in [5, 5.41) is 17.0. The van der Waals surface area contributed by atoms with Crippen LogP contribution >= 0.6 is 11.6 Å². The van der Waals surface area contributed by atoms with Gasteiger partial charge in [0.1, 0.15) is 5.54 Å². The van der Waals surface area contributed by atoms with Gasteiger partial charge in [-0.25, -0.2) is 9.48 Å². The van der Waals surface area contributed by atoms with Gasteiger partial charge in [-0.15, -0.1) is 0 Å². The van der Waals surface area contributed by atoms with Crippen molar-refractivity contribution >= 4 is 23.5 Å². The van der Waals surface area contributed by atoms with Gasteiger partial charge in [0.15, 0.2) is 5.69 Å². The zero-order chi connectivity index (χ0) is 17.3. The van der Waals surface area contributed by atoms with Crippen LogP contribution in [0.2, 0.25) is 5.02 Å². The fourth-order valence-corrected chi connectivity index (χ4v) is 3.32. The number of carbonyl (C=O) groups excluding carboxylic acids is 1. The SMILES string of the molecule is Cc1cc(C(=O)NC2(C(=O)O)CCCC2)nn1-c1ccccc1Cl. The molecule has 0 saturated heterocycles. The lowest BCUT2D eigenvalue weighted by atomic mass is 9.97. The lowest BCUT2D eigenvalue weighted by molar-refractivity contribution is -0.144. The van der Waals surface area contributed by atoms with Crippen LogP contribution in [-0.2, 0) is 4.79 Å². The van der Waals surface area contributed by atoms with Crippen LogP contribution in [0.5, 0.6) is 0 Å². The second-order valence-corrected chi connectivity index (χ2v) is 6.49. The zero-order valence-electron chi connectivity index (χ0n) is 13.3. The monoisotopic (exact) mass is 347 g/mol. The predicted molar refractivity (Wildman–Crippen MR) is 89.6 cm³/mol. The van der Waals surface area contributed by atoms with E-state index >= 15 is 0 Å². The van der Waals surface area contributed by atoms with E-state index in [1.165, 1.54) is 0 Å². The molecule has 0 radical (unpaired) electrons. The van der Waals surface area contributed by atoms with Crippen molar-refractivity contribution in [2.75, 3.05) is 0 Å². The zero-order valence-corrected chi connectivity index (χ0v) is 14.0. The summed E-state index contributed by atoms with van der Waals surface area (Å²) in [4.78, 5) is 24.1. The number of halogens is 1. The molecule has 1 amide bonds. The van der Waals surface area contributed by atoms with Crippen LogP contribution in [0.25, 0.3) is 5.69 Å². The van der Waals surface area contributed by atoms with Crippen LogP contribution in [0, 0.1) is 6.92 Å². The number of benzene rings is 1. The summed E-state index contributed by atoms with van der Waals surface area (Å²) < 4.78 is 1.58. The van der Waals surface area contributed by atoms with Crippen molar-refractivity contribution in [2.45, 2.75) is 38.1 Å². The van der Waals surface area contributed by atoms with E-state index in [9.17, 15) is 14.7 Å². The Hall–Kier alpha value is -2.34. The molecule has 0 atom stereocenters. The van der Waals surface area contributed by atoms with Gasteiger partial charge >= 0.3 is 5.97 Å². The highest BCUT2D eigenvalue weighted by molar-refractivity contribution is 6.32. The molecule has 2 aromatic rings. The van der Waals surface area contributed by atoms with Gasteiger partial charge in [-0.2, -0.15) is 5.10 Å². The minimum absolute atomic E-state index is 0.181. The van der Waals surface area contributed by atoms with Gasteiger partial charge in [-0.3, -0.25) is 4.79 Å². The van der Waals surface area contributed by atoms with Crippen LogP contribution in [0.1, 0.15) is 41.9 Å². The molecule has 0 bridgehead atoms. The van der Waals surface area contributed by atoms with Crippen molar-refractivity contribution in [3.63, 3.8) is 0 Å². The number of carboxylic acid groups (broad SMARTS) is 1. The second-order valence-electron chi connectivity index (χ2n) is 6.08. The fraction of sp³-hybridized carbons (Fsp3) is 0.353. The highest BCUT2D eigenvalue weighted by atomic mass is 35.5. The van der Waals surface area contributed by atoms with Crippen molar-refractivity contribution in [3.05, 3.63) is 46.7 Å². The molecule has 1 aromatic carbocycles. The van der Waals surface area contributed by atoms with Gasteiger partial charge < -0.3 is 10.4 Å². The predicted octanol–water partition coefficient (Wildman–Crippen LogP) is 2.96. The number of nitrogens with one attached hydrogen (secondary N) is 1. The number of hydrogen-bond donors (Lipinski definition) is 2. The highest BCUT2D eigenvalue weighted by Crippen LogP contribution is 2.30. The van der Waals surface area contributed by atoms with Crippen molar-refractivity contribution in [1.29, 1.82) is 0 Å². The number of para-hydroxylation sites is 1. The minimum Gasteiger partial charge on any atom is -0.480 e. The third kappa shape index (κ3) is 2.89. The number of rotatable bonds is 4. The van der Waals surface area contributed by atoms with Gasteiger partial charge in [0, 0.05) is 5.69 Å². The van der Waals surface area contributed by atoms with Crippen molar-refractivity contribution < 1.29 is 14.7 Å². The minimum atomic E-state index is -1.18. The highest BCUT2D eigenvalue weighted by Gasteiger charge is 2.43. The standard InChI is InChI=1S/C17H18ClN3O3/c1-11-10-13(20-21(11)14-7-3-2-6-12(14)18)15(22)19-17(16(23)24)8-4-5-9-17/h2-3,6-7,10H,4-5,8-9H2,1H3,(H,19,22)(H,23,24). The van der Waals surface area contributed by atoms with E-state index < -0.39 is 17.4 Å². The number of nitrogens with zero attached hydrogens (tertiary/aromatic N) is 2. The normalized spacial score (nSPS) is 16.1. The van der Waals surface area contributed by atoms with Gasteiger partial charge in [0.25, 0.3) is 5.91 Å². The topological polar surface area (TPSA) is 84.2 Å². The smallest absolute Gasteiger partial charge is 0.329 e. The summed E-state index contributed by atoms with van der Waals surface area (Å²) in [6.07, 6.45) is 2.47. The van der Waals surface area contributed by atoms with Crippen LogP contribution in [0.15, 0.2) is 30.3 Å². The molecule has 1 aliphatic rings. The van der Waals surface area contributed by atoms with Crippen molar-refractivity contribution in [1.82, 2.24) is 15.1 Å². The molecule has 1 aromatic heterocycles. The molecule has 24 heavy (non-hydrogen) atoms. The first-order valence-corrected chi connectivity index (χ1v) is 8.18. The van der Waals surface area contributed by atoms with Crippen molar-refractivity contribution in [3.8, 4) is 5.69 Å². The molecule has 1 saturated carbocycles. The Labute approximate surface area is 144 Å². The number of hydrogen-bond acceptors (Lipinski definition) is 3. The Balaban J connectivity index is 1.88. The van der Waals surface area contributed by atoms with E-state index in [4.69, 9.17) is 11.6 Å². The van der Waals surface area contributed by atoms with E-state index in [1.54, 1.807) is 22.9 Å². The third-order valence-corrected chi connectivity index (χ3v) is 4.74. The Bertz CT molecular complexity index is 794.